The van der Waals surface area contributed by atoms with Gasteiger partial charge >= 0.3 is 5.97 Å². The molecule has 1 N–H and O–H groups in total. The monoisotopic (exact) mass is 318 g/mol. The van der Waals surface area contributed by atoms with Crippen LogP contribution in [0, 0.1) is 11.8 Å². The predicted molar refractivity (Wildman–Crippen MR) is 76.1 cm³/mol. The van der Waals surface area contributed by atoms with Gasteiger partial charge in [0.2, 0.25) is 15.9 Å². The number of likely N-dealkylation sites (tertiary alicyclic amines) is 1. The van der Waals surface area contributed by atoms with Gasteiger partial charge in [0.05, 0.1) is 18.1 Å². The third-order valence-corrected chi connectivity index (χ3v) is 5.55. The van der Waals surface area contributed by atoms with Crippen molar-refractivity contribution in [3.05, 3.63) is 0 Å². The van der Waals surface area contributed by atoms with E-state index in [1.807, 2.05) is 0 Å². The number of aliphatic carboxylic acids is 1. The molecule has 21 heavy (non-hydrogen) atoms. The second-order valence-electron chi connectivity index (χ2n) is 5.92. The van der Waals surface area contributed by atoms with E-state index >= 15 is 0 Å². The first kappa shape index (κ1) is 16.2. The molecule has 0 saturated carbocycles. The summed E-state index contributed by atoms with van der Waals surface area (Å²) in [6.07, 6.45) is 3.77. The highest BCUT2D eigenvalue weighted by atomic mass is 32.2. The molecule has 2 aliphatic rings. The van der Waals surface area contributed by atoms with Crippen molar-refractivity contribution in [3.8, 4) is 0 Å². The first-order valence-corrected chi connectivity index (χ1v) is 9.10. The lowest BCUT2D eigenvalue weighted by molar-refractivity contribution is -0.147. The Kier molecular flexibility index (Phi) is 4.88. The van der Waals surface area contributed by atoms with Crippen molar-refractivity contribution in [2.75, 3.05) is 32.4 Å². The van der Waals surface area contributed by atoms with E-state index in [1.165, 1.54) is 4.31 Å². The number of carbonyl (C=O) groups is 2. The molecule has 0 aromatic rings. The molecule has 8 heteroatoms. The van der Waals surface area contributed by atoms with E-state index in [1.54, 1.807) is 4.90 Å². The summed E-state index contributed by atoms with van der Waals surface area (Å²) in [5, 5.41) is 9.07. The quantitative estimate of drug-likeness (QED) is 0.789. The third kappa shape index (κ3) is 3.94. The Balaban J connectivity index is 2.00. The third-order valence-electron chi connectivity index (χ3n) is 4.28. The summed E-state index contributed by atoms with van der Waals surface area (Å²) in [5.74, 6) is -1.82. The lowest BCUT2D eigenvalue weighted by atomic mass is 9.94. The van der Waals surface area contributed by atoms with Crippen molar-refractivity contribution in [2.45, 2.75) is 25.7 Å². The van der Waals surface area contributed by atoms with E-state index in [-0.39, 0.29) is 24.9 Å². The highest BCUT2D eigenvalue weighted by molar-refractivity contribution is 7.88. The summed E-state index contributed by atoms with van der Waals surface area (Å²) < 4.78 is 24.5. The lowest BCUT2D eigenvalue weighted by Crippen LogP contribution is -2.49. The molecule has 0 unspecified atom stereocenters. The molecule has 0 spiro atoms. The van der Waals surface area contributed by atoms with Crippen LogP contribution in [-0.4, -0.2) is 67.0 Å². The maximum absolute atomic E-state index is 12.5. The van der Waals surface area contributed by atoms with E-state index in [0.717, 1.165) is 6.26 Å². The van der Waals surface area contributed by atoms with Gasteiger partial charge in [-0.3, -0.25) is 9.59 Å². The van der Waals surface area contributed by atoms with Crippen LogP contribution >= 0.6 is 0 Å². The summed E-state index contributed by atoms with van der Waals surface area (Å²) in [6.45, 7) is 1.48. The summed E-state index contributed by atoms with van der Waals surface area (Å²) >= 11 is 0. The fourth-order valence-electron chi connectivity index (χ4n) is 3.08. The summed E-state index contributed by atoms with van der Waals surface area (Å²) in [4.78, 5) is 25.2. The number of carboxylic acids is 1. The minimum absolute atomic E-state index is 0.102. The maximum atomic E-state index is 12.5. The van der Waals surface area contributed by atoms with Gasteiger partial charge in [0.25, 0.3) is 0 Å². The van der Waals surface area contributed by atoms with E-state index in [9.17, 15) is 18.0 Å². The molecule has 2 heterocycles. The van der Waals surface area contributed by atoms with Crippen LogP contribution in [0.4, 0.5) is 0 Å². The van der Waals surface area contributed by atoms with Gasteiger partial charge in [-0.05, 0) is 25.7 Å². The molecule has 2 atom stereocenters. The summed E-state index contributed by atoms with van der Waals surface area (Å²) in [6, 6.07) is 0. The van der Waals surface area contributed by atoms with Crippen molar-refractivity contribution in [1.82, 2.24) is 9.21 Å². The Labute approximate surface area is 125 Å². The molecule has 120 valence electrons. The zero-order valence-corrected chi connectivity index (χ0v) is 13.0. The number of nitrogens with zero attached hydrogens (tertiary/aromatic N) is 2. The van der Waals surface area contributed by atoms with Crippen molar-refractivity contribution in [2.24, 2.45) is 11.8 Å². The average Bonchev–Trinajstić information content (AvgIpc) is 2.46. The first-order chi connectivity index (χ1) is 9.79. The van der Waals surface area contributed by atoms with Crippen molar-refractivity contribution < 1.29 is 23.1 Å². The standard InChI is InChI=1S/C13H22N2O5S/c1-21(19,20)15-7-3-4-10(9-15)12(16)14-6-2-5-11(8-14)13(17)18/h10-11H,2-9H2,1H3,(H,17,18)/t10-,11-/m0/s1. The van der Waals surface area contributed by atoms with E-state index in [2.05, 4.69) is 0 Å². The van der Waals surface area contributed by atoms with Gasteiger partial charge in [-0.1, -0.05) is 0 Å². The second-order valence-corrected chi connectivity index (χ2v) is 7.90. The van der Waals surface area contributed by atoms with Gasteiger partial charge in [0, 0.05) is 26.2 Å². The lowest BCUT2D eigenvalue weighted by Gasteiger charge is -2.36. The topological polar surface area (TPSA) is 95.0 Å². The molecule has 0 aromatic carbocycles. The molecule has 2 aliphatic heterocycles. The molecule has 7 nitrogen and oxygen atoms in total. The highest BCUT2D eigenvalue weighted by Gasteiger charge is 2.35. The number of sulfonamides is 1. The molecule has 0 aliphatic carbocycles. The zero-order valence-electron chi connectivity index (χ0n) is 12.2. The Morgan fingerprint density at radius 2 is 1.67 bits per heavy atom. The van der Waals surface area contributed by atoms with Crippen molar-refractivity contribution >= 4 is 21.9 Å². The minimum atomic E-state index is -3.28. The fourth-order valence-corrected chi connectivity index (χ4v) is 3.99. The number of hydrogen-bond donors (Lipinski definition) is 1. The molecule has 0 aromatic heterocycles. The molecule has 0 radical (unpaired) electrons. The van der Waals surface area contributed by atoms with Gasteiger partial charge < -0.3 is 10.0 Å². The Morgan fingerprint density at radius 1 is 1.05 bits per heavy atom. The van der Waals surface area contributed by atoms with Crippen LogP contribution in [0.25, 0.3) is 0 Å². The van der Waals surface area contributed by atoms with Gasteiger partial charge in [-0.2, -0.15) is 0 Å². The second kappa shape index (κ2) is 6.31. The largest absolute Gasteiger partial charge is 0.481 e. The molecular formula is C13H22N2O5S. The van der Waals surface area contributed by atoms with Crippen LogP contribution in [0.5, 0.6) is 0 Å². The van der Waals surface area contributed by atoms with Crippen LogP contribution in [0.2, 0.25) is 0 Å². The van der Waals surface area contributed by atoms with E-state index < -0.39 is 21.9 Å². The molecule has 1 amide bonds. The van der Waals surface area contributed by atoms with E-state index in [4.69, 9.17) is 5.11 Å². The number of carboxylic acid groups (broad SMARTS) is 1. The zero-order chi connectivity index (χ0) is 15.6. The SMILES string of the molecule is CS(=O)(=O)N1CCC[C@H](C(=O)N2CCC[C@H](C(=O)O)C2)C1. The molecule has 2 saturated heterocycles. The number of hydrogen-bond acceptors (Lipinski definition) is 4. The molecule has 2 fully saturated rings. The Morgan fingerprint density at radius 3 is 2.29 bits per heavy atom. The van der Waals surface area contributed by atoms with Gasteiger partial charge in [0.1, 0.15) is 0 Å². The molecule has 0 bridgehead atoms. The maximum Gasteiger partial charge on any atom is 0.308 e. The number of piperidine rings is 2. The summed E-state index contributed by atoms with van der Waals surface area (Å²) in [5.41, 5.74) is 0. The number of rotatable bonds is 3. The number of carbonyl (C=O) groups excluding carboxylic acids is 1. The van der Waals surface area contributed by atoms with Crippen LogP contribution in [-0.2, 0) is 19.6 Å². The number of amides is 1. The van der Waals surface area contributed by atoms with Gasteiger partial charge in [-0.25, -0.2) is 12.7 Å². The van der Waals surface area contributed by atoms with E-state index in [0.29, 0.717) is 38.8 Å². The molecular weight excluding hydrogens is 296 g/mol. The minimum Gasteiger partial charge on any atom is -0.481 e. The van der Waals surface area contributed by atoms with Crippen LogP contribution in [0.1, 0.15) is 25.7 Å². The molecule has 2 rings (SSSR count). The normalized spacial score (nSPS) is 28.3. The Bertz CT molecular complexity index is 519. The van der Waals surface area contributed by atoms with Gasteiger partial charge in [0.15, 0.2) is 0 Å². The van der Waals surface area contributed by atoms with Crippen LogP contribution in [0.3, 0.4) is 0 Å². The van der Waals surface area contributed by atoms with Crippen LogP contribution < -0.4 is 0 Å². The average molecular weight is 318 g/mol. The van der Waals surface area contributed by atoms with Crippen LogP contribution in [0.15, 0.2) is 0 Å². The highest BCUT2D eigenvalue weighted by Crippen LogP contribution is 2.24. The fraction of sp³-hybridized carbons (Fsp3) is 0.846. The smallest absolute Gasteiger partial charge is 0.308 e. The predicted octanol–water partition coefficient (Wildman–Crippen LogP) is -0.0188. The summed E-state index contributed by atoms with van der Waals surface area (Å²) in [7, 11) is -3.28. The van der Waals surface area contributed by atoms with Crippen molar-refractivity contribution in [1.29, 1.82) is 0 Å². The van der Waals surface area contributed by atoms with Crippen molar-refractivity contribution in [3.63, 3.8) is 0 Å². The van der Waals surface area contributed by atoms with Gasteiger partial charge in [-0.15, -0.1) is 0 Å². The Hall–Kier alpha value is -1.15. The first-order valence-electron chi connectivity index (χ1n) is 7.25.